The molecule has 106 valence electrons. The third kappa shape index (κ3) is 4.39. The molecule has 0 bridgehead atoms. The molecule has 1 rings (SSSR count). The maximum Gasteiger partial charge on any atom is 0.251 e. The molecular formula is C14H22ClN3O. The molecule has 0 saturated heterocycles. The number of amides is 1. The monoisotopic (exact) mass is 283 g/mol. The number of anilines is 1. The summed E-state index contributed by atoms with van der Waals surface area (Å²) in [6, 6.07) is 3.31. The fourth-order valence-corrected chi connectivity index (χ4v) is 1.88. The van der Waals surface area contributed by atoms with Gasteiger partial charge in [0.05, 0.1) is 0 Å². The Morgan fingerprint density at radius 2 is 1.95 bits per heavy atom. The second-order valence-corrected chi connectivity index (χ2v) is 5.20. The SMILES string of the molecule is CCNc1cc(C(=O)NC(C)(CC)CC)cc(Cl)n1. The Labute approximate surface area is 120 Å². The van der Waals surface area contributed by atoms with Gasteiger partial charge in [-0.2, -0.15) is 0 Å². The van der Waals surface area contributed by atoms with Gasteiger partial charge in [0.2, 0.25) is 0 Å². The molecule has 0 spiro atoms. The van der Waals surface area contributed by atoms with Gasteiger partial charge >= 0.3 is 0 Å². The standard InChI is InChI=1S/C14H22ClN3O/c1-5-14(4,6-2)18-13(19)10-8-11(15)17-12(9-10)16-7-3/h8-9H,5-7H2,1-4H3,(H,16,17)(H,18,19). The van der Waals surface area contributed by atoms with Crippen LogP contribution in [0.15, 0.2) is 12.1 Å². The number of hydrogen-bond acceptors (Lipinski definition) is 3. The van der Waals surface area contributed by atoms with Crippen molar-refractivity contribution in [2.75, 3.05) is 11.9 Å². The van der Waals surface area contributed by atoms with Gasteiger partial charge < -0.3 is 10.6 Å². The molecule has 1 aromatic rings. The van der Waals surface area contributed by atoms with E-state index in [1.54, 1.807) is 12.1 Å². The number of nitrogens with zero attached hydrogens (tertiary/aromatic N) is 1. The Hall–Kier alpha value is -1.29. The first kappa shape index (κ1) is 15.8. The third-order valence-corrected chi connectivity index (χ3v) is 3.58. The van der Waals surface area contributed by atoms with Crippen molar-refractivity contribution in [1.82, 2.24) is 10.3 Å². The molecule has 4 nitrogen and oxygen atoms in total. The molecule has 1 amide bonds. The molecule has 2 N–H and O–H groups in total. The summed E-state index contributed by atoms with van der Waals surface area (Å²) in [4.78, 5) is 16.4. The van der Waals surface area contributed by atoms with Crippen molar-refractivity contribution < 1.29 is 4.79 Å². The molecule has 0 aliphatic heterocycles. The molecule has 5 heteroatoms. The average molecular weight is 284 g/mol. The number of carbonyl (C=O) groups is 1. The second kappa shape index (κ2) is 6.75. The van der Waals surface area contributed by atoms with Crippen LogP contribution in [0.4, 0.5) is 5.82 Å². The van der Waals surface area contributed by atoms with Crippen molar-refractivity contribution in [3.8, 4) is 0 Å². The minimum absolute atomic E-state index is 0.116. The van der Waals surface area contributed by atoms with Crippen LogP contribution in [0.1, 0.15) is 50.9 Å². The van der Waals surface area contributed by atoms with E-state index in [9.17, 15) is 4.79 Å². The summed E-state index contributed by atoms with van der Waals surface area (Å²) in [6.45, 7) is 8.86. The number of aromatic nitrogens is 1. The first-order chi connectivity index (χ1) is 8.94. The van der Waals surface area contributed by atoms with E-state index in [-0.39, 0.29) is 11.4 Å². The summed E-state index contributed by atoms with van der Waals surface area (Å²) >= 11 is 5.94. The fraction of sp³-hybridized carbons (Fsp3) is 0.571. The third-order valence-electron chi connectivity index (χ3n) is 3.39. The second-order valence-electron chi connectivity index (χ2n) is 4.82. The highest BCUT2D eigenvalue weighted by atomic mass is 35.5. The lowest BCUT2D eigenvalue weighted by Gasteiger charge is -2.28. The lowest BCUT2D eigenvalue weighted by Crippen LogP contribution is -2.45. The normalized spacial score (nSPS) is 11.2. The summed E-state index contributed by atoms with van der Waals surface area (Å²) in [6.07, 6.45) is 1.77. The van der Waals surface area contributed by atoms with Gasteiger partial charge in [0.15, 0.2) is 0 Å². The Bertz CT molecular complexity index is 444. The topological polar surface area (TPSA) is 54.0 Å². The van der Waals surface area contributed by atoms with Crippen LogP contribution in [0.25, 0.3) is 0 Å². The van der Waals surface area contributed by atoms with Crippen molar-refractivity contribution >= 4 is 23.3 Å². The van der Waals surface area contributed by atoms with Crippen LogP contribution in [0.5, 0.6) is 0 Å². The van der Waals surface area contributed by atoms with Crippen LogP contribution >= 0.6 is 11.6 Å². The van der Waals surface area contributed by atoms with E-state index < -0.39 is 0 Å². The van der Waals surface area contributed by atoms with Crippen molar-refractivity contribution in [2.24, 2.45) is 0 Å². The molecule has 0 aliphatic carbocycles. The molecule has 1 aromatic heterocycles. The highest BCUT2D eigenvalue weighted by Crippen LogP contribution is 2.18. The van der Waals surface area contributed by atoms with E-state index in [0.717, 1.165) is 19.4 Å². The van der Waals surface area contributed by atoms with Gasteiger partial charge in [0.1, 0.15) is 11.0 Å². The molecule has 1 heterocycles. The molecule has 0 radical (unpaired) electrons. The number of nitrogens with one attached hydrogen (secondary N) is 2. The molecule has 0 atom stereocenters. The predicted molar refractivity (Wildman–Crippen MR) is 79.9 cm³/mol. The van der Waals surface area contributed by atoms with E-state index in [4.69, 9.17) is 11.6 Å². The molecule has 0 aliphatic rings. The first-order valence-corrected chi connectivity index (χ1v) is 7.05. The molecule has 0 fully saturated rings. The van der Waals surface area contributed by atoms with Crippen molar-refractivity contribution in [3.05, 3.63) is 22.8 Å². The maximum atomic E-state index is 12.3. The van der Waals surface area contributed by atoms with Gasteiger partial charge in [-0.25, -0.2) is 4.98 Å². The largest absolute Gasteiger partial charge is 0.370 e. The van der Waals surface area contributed by atoms with E-state index in [2.05, 4.69) is 29.5 Å². The lowest BCUT2D eigenvalue weighted by molar-refractivity contribution is 0.0901. The van der Waals surface area contributed by atoms with Crippen LogP contribution in [0.2, 0.25) is 5.15 Å². The van der Waals surface area contributed by atoms with Gasteiger partial charge in [0.25, 0.3) is 5.91 Å². The molecule has 0 saturated carbocycles. The Kier molecular flexibility index (Phi) is 5.60. The predicted octanol–water partition coefficient (Wildman–Crippen LogP) is 3.48. The Morgan fingerprint density at radius 3 is 2.47 bits per heavy atom. The fourth-order valence-electron chi connectivity index (χ4n) is 1.67. The lowest BCUT2D eigenvalue weighted by atomic mass is 9.95. The van der Waals surface area contributed by atoms with Crippen LogP contribution < -0.4 is 10.6 Å². The van der Waals surface area contributed by atoms with Crippen LogP contribution in [-0.2, 0) is 0 Å². The number of carbonyl (C=O) groups excluding carboxylic acids is 1. The Balaban J connectivity index is 2.93. The molecular weight excluding hydrogens is 262 g/mol. The van der Waals surface area contributed by atoms with Crippen molar-refractivity contribution in [2.45, 2.75) is 46.1 Å². The van der Waals surface area contributed by atoms with E-state index >= 15 is 0 Å². The van der Waals surface area contributed by atoms with Gasteiger partial charge in [-0.15, -0.1) is 0 Å². The van der Waals surface area contributed by atoms with E-state index in [0.29, 0.717) is 16.5 Å². The van der Waals surface area contributed by atoms with Gasteiger partial charge in [-0.3, -0.25) is 4.79 Å². The minimum Gasteiger partial charge on any atom is -0.370 e. The molecule has 0 aromatic carbocycles. The summed E-state index contributed by atoms with van der Waals surface area (Å²) in [5.41, 5.74) is 0.342. The molecule has 0 unspecified atom stereocenters. The summed E-state index contributed by atoms with van der Waals surface area (Å²) in [7, 11) is 0. The zero-order chi connectivity index (χ0) is 14.5. The smallest absolute Gasteiger partial charge is 0.251 e. The minimum atomic E-state index is -0.189. The number of pyridine rings is 1. The zero-order valence-electron chi connectivity index (χ0n) is 12.0. The van der Waals surface area contributed by atoms with E-state index in [1.165, 1.54) is 0 Å². The summed E-state index contributed by atoms with van der Waals surface area (Å²) in [5, 5.41) is 6.43. The first-order valence-electron chi connectivity index (χ1n) is 6.68. The van der Waals surface area contributed by atoms with Crippen LogP contribution in [0, 0.1) is 0 Å². The number of rotatable bonds is 6. The highest BCUT2D eigenvalue weighted by Gasteiger charge is 2.23. The Morgan fingerprint density at radius 1 is 1.32 bits per heavy atom. The van der Waals surface area contributed by atoms with Crippen LogP contribution in [-0.4, -0.2) is 23.0 Å². The van der Waals surface area contributed by atoms with E-state index in [1.807, 2.05) is 13.8 Å². The summed E-state index contributed by atoms with van der Waals surface area (Å²) < 4.78 is 0. The van der Waals surface area contributed by atoms with Crippen molar-refractivity contribution in [1.29, 1.82) is 0 Å². The maximum absolute atomic E-state index is 12.3. The van der Waals surface area contributed by atoms with Gasteiger partial charge in [-0.1, -0.05) is 25.4 Å². The van der Waals surface area contributed by atoms with Gasteiger partial charge in [-0.05, 0) is 38.8 Å². The summed E-state index contributed by atoms with van der Waals surface area (Å²) in [5.74, 6) is 0.504. The number of halogens is 1. The van der Waals surface area contributed by atoms with Crippen molar-refractivity contribution in [3.63, 3.8) is 0 Å². The quantitative estimate of drug-likeness (QED) is 0.786. The molecule has 19 heavy (non-hydrogen) atoms. The van der Waals surface area contributed by atoms with Crippen LogP contribution in [0.3, 0.4) is 0 Å². The average Bonchev–Trinajstić information content (AvgIpc) is 2.38. The van der Waals surface area contributed by atoms with Gasteiger partial charge in [0, 0.05) is 17.6 Å². The highest BCUT2D eigenvalue weighted by molar-refractivity contribution is 6.29. The number of hydrogen-bond donors (Lipinski definition) is 2. The zero-order valence-corrected chi connectivity index (χ0v) is 12.8.